The van der Waals surface area contributed by atoms with Gasteiger partial charge in [-0.1, -0.05) is 30.7 Å². The molecule has 1 saturated carbocycles. The Morgan fingerprint density at radius 1 is 1.40 bits per heavy atom. The summed E-state index contributed by atoms with van der Waals surface area (Å²) in [5, 5.41) is 0.131. The van der Waals surface area contributed by atoms with E-state index in [1.54, 1.807) is 6.07 Å². The van der Waals surface area contributed by atoms with Crippen molar-refractivity contribution in [2.45, 2.75) is 38.5 Å². The average molecular weight is 298 g/mol. The molecule has 0 aliphatic heterocycles. The van der Waals surface area contributed by atoms with E-state index in [1.807, 2.05) is 12.1 Å². The molecular weight excluding hydrogens is 277 g/mol. The lowest BCUT2D eigenvalue weighted by Crippen LogP contribution is -2.18. The van der Waals surface area contributed by atoms with Gasteiger partial charge >= 0.3 is 0 Å². The SMILES string of the molecule is C=CC1CCC(C(C)c2ccc(ON)c(F)c2Cl)CC1. The molecule has 1 aliphatic rings. The Labute approximate surface area is 124 Å². The van der Waals surface area contributed by atoms with Gasteiger partial charge in [0.2, 0.25) is 0 Å². The number of allylic oxidation sites excluding steroid dienone is 1. The summed E-state index contributed by atoms with van der Waals surface area (Å²) in [4.78, 5) is 4.46. The van der Waals surface area contributed by atoms with Gasteiger partial charge in [0, 0.05) is 0 Å². The van der Waals surface area contributed by atoms with Crippen LogP contribution in [0.4, 0.5) is 4.39 Å². The highest BCUT2D eigenvalue weighted by Crippen LogP contribution is 2.41. The third-order valence-electron chi connectivity index (χ3n) is 4.55. The number of halogens is 2. The maximum atomic E-state index is 14.0. The van der Waals surface area contributed by atoms with Gasteiger partial charge < -0.3 is 4.84 Å². The fraction of sp³-hybridized carbons (Fsp3) is 0.500. The summed E-state index contributed by atoms with van der Waals surface area (Å²) in [6.07, 6.45) is 6.61. The summed E-state index contributed by atoms with van der Waals surface area (Å²) in [6.45, 7) is 5.97. The number of hydrogen-bond donors (Lipinski definition) is 1. The van der Waals surface area contributed by atoms with Crippen molar-refractivity contribution < 1.29 is 9.23 Å². The van der Waals surface area contributed by atoms with Gasteiger partial charge in [0.1, 0.15) is 0 Å². The van der Waals surface area contributed by atoms with Crippen LogP contribution in [0.5, 0.6) is 5.75 Å². The van der Waals surface area contributed by atoms with Crippen LogP contribution in [-0.2, 0) is 0 Å². The molecule has 1 fully saturated rings. The molecule has 0 aromatic heterocycles. The van der Waals surface area contributed by atoms with Crippen LogP contribution in [-0.4, -0.2) is 0 Å². The van der Waals surface area contributed by atoms with Gasteiger partial charge in [0.25, 0.3) is 0 Å². The van der Waals surface area contributed by atoms with E-state index in [9.17, 15) is 4.39 Å². The fourth-order valence-corrected chi connectivity index (χ4v) is 3.45. The molecule has 0 radical (unpaired) electrons. The first-order valence-corrected chi connectivity index (χ1v) is 7.43. The van der Waals surface area contributed by atoms with Gasteiger partial charge in [-0.2, -0.15) is 5.90 Å². The van der Waals surface area contributed by atoms with Crippen molar-refractivity contribution in [1.82, 2.24) is 0 Å². The Bertz CT molecular complexity index is 484. The quantitative estimate of drug-likeness (QED) is 0.638. The minimum Gasteiger partial charge on any atom is -0.408 e. The van der Waals surface area contributed by atoms with Crippen molar-refractivity contribution in [3.63, 3.8) is 0 Å². The highest BCUT2D eigenvalue weighted by Gasteiger charge is 2.27. The largest absolute Gasteiger partial charge is 0.408 e. The topological polar surface area (TPSA) is 35.2 Å². The second-order valence-electron chi connectivity index (χ2n) is 5.60. The van der Waals surface area contributed by atoms with Crippen molar-refractivity contribution in [3.05, 3.63) is 41.2 Å². The number of nitrogens with two attached hydrogens (primary N) is 1. The van der Waals surface area contributed by atoms with Crippen molar-refractivity contribution in [1.29, 1.82) is 0 Å². The van der Waals surface area contributed by atoms with E-state index in [0.717, 1.165) is 31.2 Å². The lowest BCUT2D eigenvalue weighted by atomic mass is 9.74. The predicted octanol–water partition coefficient (Wildman–Crippen LogP) is 4.83. The molecule has 20 heavy (non-hydrogen) atoms. The molecule has 2 N–H and O–H groups in total. The number of benzene rings is 1. The van der Waals surface area contributed by atoms with Gasteiger partial charge in [-0.25, -0.2) is 4.39 Å². The van der Waals surface area contributed by atoms with Crippen molar-refractivity contribution in [3.8, 4) is 5.75 Å². The average Bonchev–Trinajstić information content (AvgIpc) is 2.49. The number of rotatable bonds is 4. The second-order valence-corrected chi connectivity index (χ2v) is 5.98. The standard InChI is InChI=1S/C16H21ClFNO/c1-3-11-4-6-12(7-5-11)10(2)13-8-9-14(20-19)16(18)15(13)17/h3,8-12H,1,4-7,19H2,2H3. The van der Waals surface area contributed by atoms with Crippen molar-refractivity contribution in [2.75, 3.05) is 0 Å². The van der Waals surface area contributed by atoms with E-state index in [1.165, 1.54) is 0 Å². The van der Waals surface area contributed by atoms with Crippen LogP contribution in [0.2, 0.25) is 5.02 Å². The Morgan fingerprint density at radius 3 is 2.60 bits per heavy atom. The highest BCUT2D eigenvalue weighted by molar-refractivity contribution is 6.31. The lowest BCUT2D eigenvalue weighted by molar-refractivity contribution is 0.277. The van der Waals surface area contributed by atoms with Crippen LogP contribution in [0, 0.1) is 17.7 Å². The molecule has 0 bridgehead atoms. The summed E-state index contributed by atoms with van der Waals surface area (Å²) in [6, 6.07) is 3.36. The first-order chi connectivity index (χ1) is 9.58. The molecule has 0 heterocycles. The van der Waals surface area contributed by atoms with Gasteiger partial charge in [0.05, 0.1) is 5.02 Å². The molecule has 1 atom stereocenters. The first kappa shape index (κ1) is 15.3. The van der Waals surface area contributed by atoms with Crippen molar-refractivity contribution in [2.24, 2.45) is 17.7 Å². The summed E-state index contributed by atoms with van der Waals surface area (Å²) < 4.78 is 14.0. The molecule has 0 spiro atoms. The zero-order valence-corrected chi connectivity index (χ0v) is 12.5. The van der Waals surface area contributed by atoms with Crippen LogP contribution in [0.25, 0.3) is 0 Å². The van der Waals surface area contributed by atoms with Crippen LogP contribution in [0.3, 0.4) is 0 Å². The zero-order valence-electron chi connectivity index (χ0n) is 11.7. The minimum atomic E-state index is -0.571. The van der Waals surface area contributed by atoms with Crippen molar-refractivity contribution >= 4 is 11.6 Å². The molecule has 110 valence electrons. The summed E-state index contributed by atoms with van der Waals surface area (Å²) in [7, 11) is 0. The molecule has 1 aliphatic carbocycles. The van der Waals surface area contributed by atoms with Crippen LogP contribution in [0.1, 0.15) is 44.1 Å². The van der Waals surface area contributed by atoms with Crippen LogP contribution < -0.4 is 10.7 Å². The molecule has 1 unspecified atom stereocenters. The minimum absolute atomic E-state index is 0.0127. The van der Waals surface area contributed by atoms with Gasteiger partial charge in [-0.05, 0) is 55.1 Å². The molecule has 2 nitrogen and oxygen atoms in total. The molecule has 1 aromatic carbocycles. The van der Waals surface area contributed by atoms with E-state index in [4.69, 9.17) is 17.5 Å². The Hall–Kier alpha value is -1.06. The fourth-order valence-electron chi connectivity index (χ4n) is 3.12. The molecule has 2 rings (SSSR count). The van der Waals surface area contributed by atoms with Crippen LogP contribution >= 0.6 is 11.6 Å². The second kappa shape index (κ2) is 6.59. The Morgan fingerprint density at radius 2 is 2.05 bits per heavy atom. The normalized spacial score (nSPS) is 24.2. The summed E-state index contributed by atoms with van der Waals surface area (Å²) >= 11 is 6.12. The Balaban J connectivity index is 2.15. The molecule has 0 amide bonds. The van der Waals surface area contributed by atoms with E-state index >= 15 is 0 Å². The summed E-state index contributed by atoms with van der Waals surface area (Å²) in [5.74, 6) is 5.82. The van der Waals surface area contributed by atoms with Gasteiger partial charge in [-0.3, -0.25) is 0 Å². The van der Waals surface area contributed by atoms with E-state index in [0.29, 0.717) is 11.8 Å². The predicted molar refractivity (Wildman–Crippen MR) is 80.3 cm³/mol. The van der Waals surface area contributed by atoms with E-state index in [-0.39, 0.29) is 16.7 Å². The monoisotopic (exact) mass is 297 g/mol. The summed E-state index contributed by atoms with van der Waals surface area (Å²) in [5.41, 5.74) is 0.840. The molecule has 1 aromatic rings. The maximum absolute atomic E-state index is 14.0. The van der Waals surface area contributed by atoms with Crippen LogP contribution in [0.15, 0.2) is 24.8 Å². The molecular formula is C16H21ClFNO. The number of hydrogen-bond acceptors (Lipinski definition) is 2. The van der Waals surface area contributed by atoms with E-state index in [2.05, 4.69) is 18.3 Å². The highest BCUT2D eigenvalue weighted by atomic mass is 35.5. The zero-order chi connectivity index (χ0) is 14.7. The van der Waals surface area contributed by atoms with Gasteiger partial charge in [-0.15, -0.1) is 6.58 Å². The first-order valence-electron chi connectivity index (χ1n) is 7.05. The lowest BCUT2D eigenvalue weighted by Gasteiger charge is -2.31. The van der Waals surface area contributed by atoms with Gasteiger partial charge in [0.15, 0.2) is 11.6 Å². The third kappa shape index (κ3) is 2.99. The Kier molecular flexibility index (Phi) is 5.06. The smallest absolute Gasteiger partial charge is 0.186 e. The molecule has 4 heteroatoms. The molecule has 0 saturated heterocycles. The maximum Gasteiger partial charge on any atom is 0.186 e. The third-order valence-corrected chi connectivity index (χ3v) is 4.94. The van der Waals surface area contributed by atoms with E-state index < -0.39 is 5.82 Å².